The molecule has 2 atom stereocenters. The van der Waals surface area contributed by atoms with Gasteiger partial charge in [0.05, 0.1) is 12.1 Å². The summed E-state index contributed by atoms with van der Waals surface area (Å²) in [6, 6.07) is 16.0. The molecule has 3 aromatic carbocycles. The normalized spacial score (nSPS) is 16.8. The van der Waals surface area contributed by atoms with E-state index in [2.05, 4.69) is 9.47 Å². The van der Waals surface area contributed by atoms with E-state index < -0.39 is 36.8 Å². The number of alkyl halides is 7. The van der Waals surface area contributed by atoms with E-state index in [4.69, 9.17) is 0 Å². The first-order valence-electron chi connectivity index (χ1n) is 11.7. The van der Waals surface area contributed by atoms with Crippen LogP contribution in [0.15, 0.2) is 66.7 Å². The zero-order valence-corrected chi connectivity index (χ0v) is 20.1. The van der Waals surface area contributed by atoms with Crippen LogP contribution in [0.4, 0.5) is 36.4 Å². The number of halogens is 7. The molecule has 38 heavy (non-hydrogen) atoms. The molecule has 1 aliphatic rings. The largest absolute Gasteiger partial charge is 0.573 e. The van der Waals surface area contributed by atoms with Gasteiger partial charge in [-0.1, -0.05) is 36.4 Å². The van der Waals surface area contributed by atoms with E-state index in [1.165, 1.54) is 30.3 Å². The number of hydrogen-bond donors (Lipinski definition) is 1. The summed E-state index contributed by atoms with van der Waals surface area (Å²) in [6.07, 6.45) is -13.4. The third-order valence-corrected chi connectivity index (χ3v) is 6.10. The Morgan fingerprint density at radius 3 is 2.24 bits per heavy atom. The van der Waals surface area contributed by atoms with Gasteiger partial charge in [0.1, 0.15) is 11.5 Å². The van der Waals surface area contributed by atoms with Gasteiger partial charge in [0, 0.05) is 12.2 Å². The van der Waals surface area contributed by atoms with Crippen molar-refractivity contribution in [1.29, 1.82) is 0 Å². The van der Waals surface area contributed by atoms with Crippen molar-refractivity contribution >= 4 is 5.69 Å². The molecule has 3 aromatic rings. The minimum atomic E-state index is -4.84. The van der Waals surface area contributed by atoms with Crippen LogP contribution in [-0.2, 0) is 6.42 Å². The summed E-state index contributed by atoms with van der Waals surface area (Å²) in [5.74, 6) is -0.787. The maximum absolute atomic E-state index is 13.5. The predicted molar refractivity (Wildman–Crippen MR) is 127 cm³/mol. The maximum Gasteiger partial charge on any atom is 0.573 e. The van der Waals surface area contributed by atoms with Crippen LogP contribution in [0.2, 0.25) is 0 Å². The Hall–Kier alpha value is -3.47. The second-order valence-electron chi connectivity index (χ2n) is 8.97. The van der Waals surface area contributed by atoms with Gasteiger partial charge in [-0.3, -0.25) is 0 Å². The molecule has 1 N–H and O–H groups in total. The molecular weight excluding hydrogens is 519 g/mol. The van der Waals surface area contributed by atoms with Crippen molar-refractivity contribution < 1.29 is 45.3 Å². The highest BCUT2D eigenvalue weighted by Gasteiger charge is 2.44. The average molecular weight is 543 g/mol. The van der Waals surface area contributed by atoms with Crippen LogP contribution in [0.25, 0.3) is 11.1 Å². The monoisotopic (exact) mass is 543 g/mol. The summed E-state index contributed by atoms with van der Waals surface area (Å²) in [6.45, 7) is 1.73. The van der Waals surface area contributed by atoms with Gasteiger partial charge in [-0.05, 0) is 72.4 Å². The van der Waals surface area contributed by atoms with Crippen LogP contribution in [0.5, 0.6) is 11.5 Å². The van der Waals surface area contributed by atoms with Gasteiger partial charge in [0.25, 0.3) is 0 Å². The molecule has 4 nitrogen and oxygen atoms in total. The number of ether oxygens (including phenoxy) is 2. The molecule has 0 spiro atoms. The van der Waals surface area contributed by atoms with Crippen molar-refractivity contribution in [2.45, 2.75) is 50.8 Å². The van der Waals surface area contributed by atoms with Crippen LogP contribution in [-0.4, -0.2) is 36.7 Å². The maximum atomic E-state index is 13.5. The van der Waals surface area contributed by atoms with Crippen molar-refractivity contribution in [2.75, 3.05) is 11.4 Å². The molecule has 0 amide bonds. The zero-order chi connectivity index (χ0) is 27.7. The lowest BCUT2D eigenvalue weighted by Gasteiger charge is -2.41. The van der Waals surface area contributed by atoms with Crippen LogP contribution in [0, 0.1) is 0 Å². The summed E-state index contributed by atoms with van der Waals surface area (Å²) < 4.78 is 98.8. The molecule has 0 aromatic heterocycles. The van der Waals surface area contributed by atoms with Gasteiger partial charge < -0.3 is 19.5 Å². The SMILES string of the molecule is C[C@H](O)CN1c2cccc(-c3cccc(OC(F)(F)F)c3)c2CC[C@@H]1c1cccc(OC(F)(F)C(F)F)c1. The van der Waals surface area contributed by atoms with E-state index in [1.807, 2.05) is 4.90 Å². The number of benzene rings is 3. The molecule has 0 saturated heterocycles. The van der Waals surface area contributed by atoms with E-state index >= 15 is 0 Å². The first-order chi connectivity index (χ1) is 17.8. The number of anilines is 1. The molecule has 0 fully saturated rings. The second kappa shape index (κ2) is 10.7. The van der Waals surface area contributed by atoms with E-state index in [9.17, 15) is 35.8 Å². The first-order valence-corrected chi connectivity index (χ1v) is 11.7. The lowest BCUT2D eigenvalue weighted by atomic mass is 9.86. The van der Waals surface area contributed by atoms with E-state index in [0.29, 0.717) is 35.2 Å². The molecule has 1 aliphatic heterocycles. The number of β-amino-alcohol motifs (C(OH)–C–C–N with tert-alkyl or cyclic N) is 1. The highest BCUT2D eigenvalue weighted by atomic mass is 19.4. The van der Waals surface area contributed by atoms with Gasteiger partial charge in [-0.15, -0.1) is 13.2 Å². The molecule has 0 unspecified atom stereocenters. The smallest absolute Gasteiger partial charge is 0.428 e. The highest BCUT2D eigenvalue weighted by Crippen LogP contribution is 2.44. The van der Waals surface area contributed by atoms with Gasteiger partial charge in [0.2, 0.25) is 0 Å². The minimum Gasteiger partial charge on any atom is -0.428 e. The van der Waals surface area contributed by atoms with Gasteiger partial charge >= 0.3 is 18.9 Å². The topological polar surface area (TPSA) is 41.9 Å². The van der Waals surface area contributed by atoms with Gasteiger partial charge in [-0.25, -0.2) is 0 Å². The molecule has 0 saturated carbocycles. The van der Waals surface area contributed by atoms with E-state index in [-0.39, 0.29) is 12.3 Å². The first kappa shape index (κ1) is 27.6. The van der Waals surface area contributed by atoms with Crippen LogP contribution < -0.4 is 14.4 Å². The number of hydrogen-bond acceptors (Lipinski definition) is 4. The highest BCUT2D eigenvalue weighted by molar-refractivity contribution is 5.76. The summed E-state index contributed by atoms with van der Waals surface area (Å²) in [4.78, 5) is 1.87. The third kappa shape index (κ3) is 6.32. The molecule has 4 rings (SSSR count). The number of aliphatic hydroxyl groups excluding tert-OH is 1. The van der Waals surface area contributed by atoms with Crippen molar-refractivity contribution in [3.05, 3.63) is 77.9 Å². The molecule has 0 aliphatic carbocycles. The Balaban J connectivity index is 1.71. The number of nitrogens with zero attached hydrogens (tertiary/aromatic N) is 1. The summed E-state index contributed by atoms with van der Waals surface area (Å²) in [7, 11) is 0. The Morgan fingerprint density at radius 2 is 1.58 bits per heavy atom. The Labute approximate surface area is 214 Å². The van der Waals surface area contributed by atoms with E-state index in [1.54, 1.807) is 37.3 Å². The standard InChI is InChI=1S/C27H24F7NO3/c1-16(36)15-35-23(18-6-3-7-19(14-18)37-26(30,31)25(28)29)12-11-22-21(9-4-10-24(22)35)17-5-2-8-20(13-17)38-27(32,33)34/h2-10,13-14,16,23,25,36H,11-12,15H2,1H3/t16-,23+/m0/s1. The Morgan fingerprint density at radius 1 is 0.921 bits per heavy atom. The van der Waals surface area contributed by atoms with Crippen molar-refractivity contribution in [3.8, 4) is 22.6 Å². The summed E-state index contributed by atoms with van der Waals surface area (Å²) in [5, 5.41) is 10.2. The lowest BCUT2D eigenvalue weighted by molar-refractivity contribution is -0.274. The molecule has 0 bridgehead atoms. The van der Waals surface area contributed by atoms with Gasteiger partial charge in [-0.2, -0.15) is 17.6 Å². The van der Waals surface area contributed by atoms with Crippen LogP contribution in [0.3, 0.4) is 0 Å². The quantitative estimate of drug-likeness (QED) is 0.302. The molecule has 0 radical (unpaired) electrons. The molecular formula is C27H24F7NO3. The van der Waals surface area contributed by atoms with Crippen LogP contribution >= 0.6 is 0 Å². The minimum absolute atomic E-state index is 0.149. The second-order valence-corrected chi connectivity index (χ2v) is 8.97. The van der Waals surface area contributed by atoms with Crippen LogP contribution in [0.1, 0.15) is 30.5 Å². The van der Waals surface area contributed by atoms with Crippen molar-refractivity contribution in [2.24, 2.45) is 0 Å². The predicted octanol–water partition coefficient (Wildman–Crippen LogP) is 7.36. The fraction of sp³-hybridized carbons (Fsp3) is 0.333. The average Bonchev–Trinajstić information content (AvgIpc) is 2.82. The molecule has 204 valence electrons. The number of fused-ring (bicyclic) bond motifs is 1. The summed E-state index contributed by atoms with van der Waals surface area (Å²) >= 11 is 0. The third-order valence-electron chi connectivity index (χ3n) is 6.10. The molecule has 1 heterocycles. The number of aliphatic hydroxyl groups is 1. The van der Waals surface area contributed by atoms with Crippen molar-refractivity contribution in [1.82, 2.24) is 0 Å². The summed E-state index contributed by atoms with van der Waals surface area (Å²) in [5.41, 5.74) is 3.22. The Bertz CT molecular complexity index is 1260. The fourth-order valence-corrected chi connectivity index (χ4v) is 4.69. The number of rotatable bonds is 8. The zero-order valence-electron chi connectivity index (χ0n) is 20.1. The Kier molecular flexibility index (Phi) is 7.78. The van der Waals surface area contributed by atoms with Crippen molar-refractivity contribution in [3.63, 3.8) is 0 Å². The van der Waals surface area contributed by atoms with Gasteiger partial charge in [0.15, 0.2) is 0 Å². The lowest BCUT2D eigenvalue weighted by Crippen LogP contribution is -2.38. The molecule has 11 heteroatoms. The van der Waals surface area contributed by atoms with E-state index in [0.717, 1.165) is 11.6 Å². The fourth-order valence-electron chi connectivity index (χ4n) is 4.69.